The van der Waals surface area contributed by atoms with Gasteiger partial charge in [-0.3, -0.25) is 14.9 Å². The molecule has 9 nitrogen and oxygen atoms in total. The Morgan fingerprint density at radius 2 is 1.48 bits per heavy atom. The van der Waals surface area contributed by atoms with Crippen molar-refractivity contribution < 1.29 is 4.74 Å². The number of hydrogen-bond donors (Lipinski definition) is 4. The van der Waals surface area contributed by atoms with Crippen molar-refractivity contribution in [2.45, 2.75) is 32.7 Å². The topological polar surface area (TPSA) is 103 Å². The van der Waals surface area contributed by atoms with Crippen molar-refractivity contribution in [3.05, 3.63) is 120 Å². The number of methoxy groups -OCH3 is 1. The highest BCUT2D eigenvalue weighted by Crippen LogP contribution is 2.18. The van der Waals surface area contributed by atoms with Gasteiger partial charge in [0.25, 0.3) is 0 Å². The molecule has 0 spiro atoms. The fourth-order valence-electron chi connectivity index (χ4n) is 4.79. The highest BCUT2D eigenvalue weighted by atomic mass is 16.5. The van der Waals surface area contributed by atoms with Gasteiger partial charge in [-0.05, 0) is 53.1 Å². The number of ether oxygens (including phenoxy) is 1. The molecule has 0 aliphatic carbocycles. The predicted octanol–water partition coefficient (Wildman–Crippen LogP) is 4.03. The van der Waals surface area contributed by atoms with E-state index in [1.165, 1.54) is 16.7 Å². The monoisotopic (exact) mass is 564 g/mol. The third kappa shape index (κ3) is 9.19. The maximum Gasteiger partial charge on any atom is 0.121 e. The molecular formula is C33H40N8O. The molecule has 3 aromatic heterocycles. The van der Waals surface area contributed by atoms with Gasteiger partial charge in [-0.15, -0.1) is 0 Å². The minimum atomic E-state index is 0.671. The quantitative estimate of drug-likeness (QED) is 0.126. The van der Waals surface area contributed by atoms with Crippen LogP contribution < -0.4 is 20.7 Å². The number of fused-ring (bicyclic) bond motifs is 1. The molecule has 0 radical (unpaired) electrons. The molecule has 218 valence electrons. The average molecular weight is 565 g/mol. The van der Waals surface area contributed by atoms with E-state index >= 15 is 0 Å². The number of imidazole rings is 1. The summed E-state index contributed by atoms with van der Waals surface area (Å²) in [4.78, 5) is 19.1. The van der Waals surface area contributed by atoms with Crippen LogP contribution in [0.5, 0.6) is 5.75 Å². The number of nitrogens with one attached hydrogen (secondary N) is 4. The van der Waals surface area contributed by atoms with E-state index in [2.05, 4.69) is 83.3 Å². The number of rotatable bonds is 17. The molecule has 2 aromatic carbocycles. The van der Waals surface area contributed by atoms with Crippen LogP contribution in [-0.4, -0.2) is 58.1 Å². The van der Waals surface area contributed by atoms with Crippen molar-refractivity contribution in [1.82, 2.24) is 40.8 Å². The maximum absolute atomic E-state index is 5.30. The lowest BCUT2D eigenvalue weighted by Crippen LogP contribution is -2.36. The van der Waals surface area contributed by atoms with Crippen LogP contribution in [0.3, 0.4) is 0 Å². The molecule has 0 fully saturated rings. The summed E-state index contributed by atoms with van der Waals surface area (Å²) in [6.07, 6.45) is 5.52. The van der Waals surface area contributed by atoms with Crippen molar-refractivity contribution in [3.63, 3.8) is 0 Å². The van der Waals surface area contributed by atoms with Gasteiger partial charge in [0.05, 0.1) is 30.4 Å². The second-order valence-corrected chi connectivity index (χ2v) is 10.3. The number of hydrogen-bond acceptors (Lipinski definition) is 8. The summed E-state index contributed by atoms with van der Waals surface area (Å²) in [5.74, 6) is 1.73. The van der Waals surface area contributed by atoms with E-state index < -0.39 is 0 Å². The zero-order valence-electron chi connectivity index (χ0n) is 24.2. The van der Waals surface area contributed by atoms with Gasteiger partial charge >= 0.3 is 0 Å². The number of aromatic nitrogens is 4. The van der Waals surface area contributed by atoms with Crippen LogP contribution in [0.1, 0.15) is 28.2 Å². The summed E-state index contributed by atoms with van der Waals surface area (Å²) in [6.45, 7) is 7.71. The van der Waals surface area contributed by atoms with Crippen molar-refractivity contribution >= 4 is 11.0 Å². The molecule has 4 N–H and O–H groups in total. The molecule has 0 unspecified atom stereocenters. The standard InChI is InChI=1S/C33H40N8O/c1-42-30-9-10-31-32(20-30)40-33(39-31)24-37-22-26-5-7-28(8-6-26)25-41(18-16-35-21-27-11-14-34-15-12-27)19-17-36-23-29-4-2-3-13-38-29/h2-15,20,35-37H,16-19,21-25H2,1H3,(H,39,40). The zero-order valence-corrected chi connectivity index (χ0v) is 24.2. The number of benzene rings is 2. The Labute approximate surface area is 247 Å². The van der Waals surface area contributed by atoms with E-state index in [1.807, 2.05) is 48.9 Å². The number of nitrogens with zero attached hydrogens (tertiary/aromatic N) is 4. The highest BCUT2D eigenvalue weighted by molar-refractivity contribution is 5.76. The van der Waals surface area contributed by atoms with Crippen LogP contribution in [-0.2, 0) is 32.7 Å². The maximum atomic E-state index is 5.30. The van der Waals surface area contributed by atoms with Gasteiger partial charge in [0.15, 0.2) is 0 Å². The zero-order chi connectivity index (χ0) is 28.8. The first-order chi connectivity index (χ1) is 20.7. The molecule has 5 aromatic rings. The van der Waals surface area contributed by atoms with Crippen LogP contribution in [0.4, 0.5) is 0 Å². The third-order valence-electron chi connectivity index (χ3n) is 7.11. The molecule has 3 heterocycles. The lowest BCUT2D eigenvalue weighted by Gasteiger charge is -2.23. The van der Waals surface area contributed by atoms with Gasteiger partial charge in [0.1, 0.15) is 11.6 Å². The molecule has 9 heteroatoms. The van der Waals surface area contributed by atoms with Crippen LogP contribution in [0, 0.1) is 0 Å². The minimum Gasteiger partial charge on any atom is -0.497 e. The summed E-state index contributed by atoms with van der Waals surface area (Å²) in [5, 5.41) is 10.6. The van der Waals surface area contributed by atoms with Gasteiger partial charge in [-0.1, -0.05) is 30.3 Å². The van der Waals surface area contributed by atoms with Crippen molar-refractivity contribution in [1.29, 1.82) is 0 Å². The van der Waals surface area contributed by atoms with Gasteiger partial charge in [0, 0.05) is 77.0 Å². The first-order valence-electron chi connectivity index (χ1n) is 14.5. The normalized spacial score (nSPS) is 11.4. The average Bonchev–Trinajstić information content (AvgIpc) is 3.45. The summed E-state index contributed by atoms with van der Waals surface area (Å²) in [7, 11) is 1.67. The molecular weight excluding hydrogens is 524 g/mol. The second kappa shape index (κ2) is 15.7. The van der Waals surface area contributed by atoms with Gasteiger partial charge in [-0.25, -0.2) is 4.98 Å². The van der Waals surface area contributed by atoms with Crippen LogP contribution in [0.25, 0.3) is 11.0 Å². The van der Waals surface area contributed by atoms with Gasteiger partial charge < -0.3 is 25.7 Å². The molecule has 0 aliphatic heterocycles. The van der Waals surface area contributed by atoms with Gasteiger partial charge in [0.2, 0.25) is 0 Å². The Balaban J connectivity index is 1.09. The lowest BCUT2D eigenvalue weighted by atomic mass is 10.1. The number of H-pyrrole nitrogens is 1. The van der Waals surface area contributed by atoms with Crippen molar-refractivity contribution in [2.24, 2.45) is 0 Å². The molecule has 5 rings (SSSR count). The Bertz CT molecular complexity index is 1430. The van der Waals surface area contributed by atoms with Crippen LogP contribution in [0.2, 0.25) is 0 Å². The van der Waals surface area contributed by atoms with E-state index in [0.717, 1.165) is 80.7 Å². The number of aromatic amines is 1. The summed E-state index contributed by atoms with van der Waals surface area (Å²) in [6, 6.07) is 24.9. The fraction of sp³-hybridized carbons (Fsp3) is 0.303. The Kier molecular flexibility index (Phi) is 11.0. The Morgan fingerprint density at radius 3 is 2.24 bits per heavy atom. The number of pyridine rings is 2. The summed E-state index contributed by atoms with van der Waals surface area (Å²) >= 11 is 0. The van der Waals surface area contributed by atoms with Gasteiger partial charge in [-0.2, -0.15) is 0 Å². The van der Waals surface area contributed by atoms with E-state index in [1.54, 1.807) is 7.11 Å². The smallest absolute Gasteiger partial charge is 0.121 e. The third-order valence-corrected chi connectivity index (χ3v) is 7.11. The summed E-state index contributed by atoms with van der Waals surface area (Å²) < 4.78 is 5.30. The largest absolute Gasteiger partial charge is 0.497 e. The molecule has 42 heavy (non-hydrogen) atoms. The first kappa shape index (κ1) is 29.3. The molecule has 0 aliphatic rings. The van der Waals surface area contributed by atoms with E-state index in [9.17, 15) is 0 Å². The Morgan fingerprint density at radius 1 is 0.738 bits per heavy atom. The highest BCUT2D eigenvalue weighted by Gasteiger charge is 2.08. The van der Waals surface area contributed by atoms with E-state index in [-0.39, 0.29) is 0 Å². The fourth-order valence-corrected chi connectivity index (χ4v) is 4.79. The molecule has 0 saturated heterocycles. The molecule has 0 atom stereocenters. The van der Waals surface area contributed by atoms with E-state index in [0.29, 0.717) is 6.54 Å². The van der Waals surface area contributed by atoms with E-state index in [4.69, 9.17) is 4.74 Å². The Hall–Kier alpha value is -4.15. The lowest BCUT2D eigenvalue weighted by molar-refractivity contribution is 0.264. The predicted molar refractivity (Wildman–Crippen MR) is 167 cm³/mol. The van der Waals surface area contributed by atoms with Crippen molar-refractivity contribution in [2.75, 3.05) is 33.3 Å². The molecule has 0 bridgehead atoms. The van der Waals surface area contributed by atoms with Crippen LogP contribution in [0.15, 0.2) is 91.4 Å². The molecule has 0 saturated carbocycles. The first-order valence-corrected chi connectivity index (χ1v) is 14.5. The minimum absolute atomic E-state index is 0.671. The second-order valence-electron chi connectivity index (χ2n) is 10.3. The summed E-state index contributed by atoms with van der Waals surface area (Å²) in [5.41, 5.74) is 6.80. The molecule has 0 amide bonds. The van der Waals surface area contributed by atoms with Crippen LogP contribution >= 0.6 is 0 Å². The van der Waals surface area contributed by atoms with Crippen molar-refractivity contribution in [3.8, 4) is 5.75 Å². The SMILES string of the molecule is COc1ccc2[nH]c(CNCc3ccc(CN(CCNCc4ccncc4)CCNCc4ccccn4)cc3)nc2c1.